The van der Waals surface area contributed by atoms with Crippen LogP contribution in [0.5, 0.6) is 5.88 Å². The Labute approximate surface area is 129 Å². The number of carbonyl (C=O) groups is 1. The molecule has 1 aromatic heterocycles. The number of hydrogen-bond donors (Lipinski definition) is 0. The van der Waals surface area contributed by atoms with Gasteiger partial charge in [-0.05, 0) is 23.3 Å². The van der Waals surface area contributed by atoms with Crippen LogP contribution in [0.25, 0.3) is 23.3 Å². The smallest absolute Gasteiger partial charge is 0.330 e. The lowest BCUT2D eigenvalue weighted by atomic mass is 9.98. The molecule has 2 aromatic rings. The molecule has 4 nitrogen and oxygen atoms in total. The van der Waals surface area contributed by atoms with Gasteiger partial charge in [-0.25, -0.2) is 9.78 Å². The van der Waals surface area contributed by atoms with Crippen molar-refractivity contribution >= 4 is 18.1 Å². The topological polar surface area (TPSA) is 48.4 Å². The Hall–Kier alpha value is -2.88. The van der Waals surface area contributed by atoms with E-state index in [0.29, 0.717) is 11.6 Å². The highest BCUT2D eigenvalue weighted by Gasteiger charge is 2.11. The maximum Gasteiger partial charge on any atom is 0.330 e. The highest BCUT2D eigenvalue weighted by molar-refractivity contribution is 5.90. The summed E-state index contributed by atoms with van der Waals surface area (Å²) in [4.78, 5) is 15.7. The first-order valence-corrected chi connectivity index (χ1v) is 6.72. The first-order chi connectivity index (χ1) is 10.7. The first-order valence-electron chi connectivity index (χ1n) is 6.72. The van der Waals surface area contributed by atoms with Gasteiger partial charge in [-0.3, -0.25) is 0 Å². The normalized spacial score (nSPS) is 10.5. The number of benzene rings is 1. The van der Waals surface area contributed by atoms with Gasteiger partial charge in [0.25, 0.3) is 0 Å². The standard InChI is InChI=1S/C18H17NO3/c1-4-16-14(10-11-18(20)22-3)15(12-17(19-16)21-2)13-8-6-5-7-9-13/h4-12H,1H2,2-3H3/b11-10-. The van der Waals surface area contributed by atoms with Crippen molar-refractivity contribution in [2.75, 3.05) is 14.2 Å². The molecule has 0 spiro atoms. The number of esters is 1. The zero-order valence-corrected chi connectivity index (χ0v) is 12.6. The molecule has 0 radical (unpaired) electrons. The van der Waals surface area contributed by atoms with Gasteiger partial charge in [0.15, 0.2) is 0 Å². The Morgan fingerprint density at radius 3 is 2.55 bits per heavy atom. The molecule has 0 N–H and O–H groups in total. The van der Waals surface area contributed by atoms with Crippen molar-refractivity contribution in [2.45, 2.75) is 0 Å². The summed E-state index contributed by atoms with van der Waals surface area (Å²) >= 11 is 0. The molecule has 0 fully saturated rings. The summed E-state index contributed by atoms with van der Waals surface area (Å²) in [6.45, 7) is 3.78. The van der Waals surface area contributed by atoms with Crippen LogP contribution >= 0.6 is 0 Å². The van der Waals surface area contributed by atoms with Crippen LogP contribution in [0.2, 0.25) is 0 Å². The third-order valence-electron chi connectivity index (χ3n) is 3.14. The minimum absolute atomic E-state index is 0.426. The molecule has 0 aliphatic rings. The molecule has 0 unspecified atom stereocenters. The third kappa shape index (κ3) is 3.41. The van der Waals surface area contributed by atoms with E-state index in [2.05, 4.69) is 16.3 Å². The summed E-state index contributed by atoms with van der Waals surface area (Å²) in [5.41, 5.74) is 3.32. The number of pyridine rings is 1. The van der Waals surface area contributed by atoms with E-state index in [1.165, 1.54) is 13.2 Å². The molecule has 0 bridgehead atoms. The van der Waals surface area contributed by atoms with Crippen LogP contribution in [0.4, 0.5) is 0 Å². The highest BCUT2D eigenvalue weighted by atomic mass is 16.5. The molecule has 22 heavy (non-hydrogen) atoms. The molecule has 0 amide bonds. The number of nitrogens with zero attached hydrogens (tertiary/aromatic N) is 1. The zero-order chi connectivity index (χ0) is 15.9. The number of hydrogen-bond acceptors (Lipinski definition) is 4. The molecule has 0 saturated heterocycles. The van der Waals surface area contributed by atoms with E-state index in [9.17, 15) is 4.79 Å². The fourth-order valence-electron chi connectivity index (χ4n) is 2.06. The Morgan fingerprint density at radius 2 is 1.95 bits per heavy atom. The predicted molar refractivity (Wildman–Crippen MR) is 87.4 cm³/mol. The van der Waals surface area contributed by atoms with Gasteiger partial charge in [-0.15, -0.1) is 0 Å². The molecule has 2 rings (SSSR count). The molecule has 1 aromatic carbocycles. The second-order valence-electron chi connectivity index (χ2n) is 4.44. The lowest BCUT2D eigenvalue weighted by Crippen LogP contribution is -1.98. The van der Waals surface area contributed by atoms with Crippen LogP contribution in [0.1, 0.15) is 11.3 Å². The van der Waals surface area contributed by atoms with Crippen molar-refractivity contribution in [3.05, 3.63) is 60.3 Å². The maximum atomic E-state index is 11.4. The van der Waals surface area contributed by atoms with Gasteiger partial charge in [0.1, 0.15) is 0 Å². The molecule has 0 atom stereocenters. The lowest BCUT2D eigenvalue weighted by Gasteiger charge is -2.12. The van der Waals surface area contributed by atoms with Gasteiger partial charge in [0.05, 0.1) is 19.9 Å². The quantitative estimate of drug-likeness (QED) is 0.625. The van der Waals surface area contributed by atoms with E-state index < -0.39 is 5.97 Å². The molecule has 0 saturated carbocycles. The monoisotopic (exact) mass is 295 g/mol. The molecule has 112 valence electrons. The number of ether oxygens (including phenoxy) is 2. The van der Waals surface area contributed by atoms with Crippen molar-refractivity contribution in [3.63, 3.8) is 0 Å². The van der Waals surface area contributed by atoms with Crippen LogP contribution in [-0.4, -0.2) is 25.2 Å². The molecular formula is C18H17NO3. The van der Waals surface area contributed by atoms with Gasteiger partial charge in [-0.2, -0.15) is 0 Å². The third-order valence-corrected chi connectivity index (χ3v) is 3.14. The number of methoxy groups -OCH3 is 2. The van der Waals surface area contributed by atoms with Crippen LogP contribution in [0, 0.1) is 0 Å². The second kappa shape index (κ2) is 7.22. The van der Waals surface area contributed by atoms with Gasteiger partial charge in [0, 0.05) is 17.7 Å². The largest absolute Gasteiger partial charge is 0.481 e. The van der Waals surface area contributed by atoms with Crippen LogP contribution in [0.15, 0.2) is 49.1 Å². The van der Waals surface area contributed by atoms with Gasteiger partial charge in [0.2, 0.25) is 5.88 Å². The summed E-state index contributed by atoms with van der Waals surface area (Å²) in [6.07, 6.45) is 4.67. The van der Waals surface area contributed by atoms with E-state index >= 15 is 0 Å². The van der Waals surface area contributed by atoms with Crippen molar-refractivity contribution < 1.29 is 14.3 Å². The van der Waals surface area contributed by atoms with E-state index in [4.69, 9.17) is 4.74 Å². The van der Waals surface area contributed by atoms with Crippen molar-refractivity contribution in [3.8, 4) is 17.0 Å². The minimum atomic E-state index is -0.426. The van der Waals surface area contributed by atoms with E-state index in [-0.39, 0.29) is 0 Å². The molecule has 4 heteroatoms. The summed E-state index contributed by atoms with van der Waals surface area (Å²) in [6, 6.07) is 11.6. The Bertz CT molecular complexity index is 706. The predicted octanol–water partition coefficient (Wildman–Crippen LogP) is 3.59. The number of carbonyl (C=O) groups excluding carboxylic acids is 1. The highest BCUT2D eigenvalue weighted by Crippen LogP contribution is 2.30. The Morgan fingerprint density at radius 1 is 1.23 bits per heavy atom. The average Bonchev–Trinajstić information content (AvgIpc) is 2.59. The van der Waals surface area contributed by atoms with Crippen molar-refractivity contribution in [1.82, 2.24) is 4.98 Å². The van der Waals surface area contributed by atoms with Gasteiger partial charge >= 0.3 is 5.97 Å². The summed E-state index contributed by atoms with van der Waals surface area (Å²) in [5.74, 6) is 0.0637. The summed E-state index contributed by atoms with van der Waals surface area (Å²) in [5, 5.41) is 0. The van der Waals surface area contributed by atoms with Crippen LogP contribution < -0.4 is 4.74 Å². The van der Waals surface area contributed by atoms with E-state index in [0.717, 1.165) is 16.7 Å². The number of aromatic nitrogens is 1. The molecular weight excluding hydrogens is 278 g/mol. The fourth-order valence-corrected chi connectivity index (χ4v) is 2.06. The van der Waals surface area contributed by atoms with Gasteiger partial charge in [-0.1, -0.05) is 36.9 Å². The lowest BCUT2D eigenvalue weighted by molar-refractivity contribution is -0.134. The molecule has 1 heterocycles. The van der Waals surface area contributed by atoms with Crippen LogP contribution in [-0.2, 0) is 9.53 Å². The fraction of sp³-hybridized carbons (Fsp3) is 0.111. The van der Waals surface area contributed by atoms with E-state index in [1.807, 2.05) is 36.4 Å². The minimum Gasteiger partial charge on any atom is -0.481 e. The maximum absolute atomic E-state index is 11.4. The molecule has 0 aliphatic heterocycles. The van der Waals surface area contributed by atoms with E-state index in [1.54, 1.807) is 19.3 Å². The van der Waals surface area contributed by atoms with Crippen molar-refractivity contribution in [1.29, 1.82) is 0 Å². The Balaban J connectivity index is 2.65. The van der Waals surface area contributed by atoms with Crippen LogP contribution in [0.3, 0.4) is 0 Å². The Kier molecular flexibility index (Phi) is 5.09. The first kappa shape index (κ1) is 15.5. The zero-order valence-electron chi connectivity index (χ0n) is 12.6. The number of rotatable bonds is 5. The second-order valence-corrected chi connectivity index (χ2v) is 4.44. The SMILES string of the molecule is C=Cc1nc(OC)cc(-c2ccccc2)c1/C=C\C(=O)OC. The summed E-state index contributed by atoms with van der Waals surface area (Å²) in [7, 11) is 2.90. The van der Waals surface area contributed by atoms with Gasteiger partial charge < -0.3 is 9.47 Å². The van der Waals surface area contributed by atoms with Crippen molar-refractivity contribution in [2.24, 2.45) is 0 Å². The molecule has 0 aliphatic carbocycles. The summed E-state index contributed by atoms with van der Waals surface area (Å²) < 4.78 is 9.89. The average molecular weight is 295 g/mol.